The molecule has 1 heterocycles. The fourth-order valence-electron chi connectivity index (χ4n) is 0.824. The van der Waals surface area contributed by atoms with E-state index in [1.54, 1.807) is 0 Å². The third-order valence-corrected chi connectivity index (χ3v) is 1.40. The van der Waals surface area contributed by atoms with Crippen LogP contribution in [0.15, 0.2) is 12.3 Å². The van der Waals surface area contributed by atoms with Crippen molar-refractivity contribution in [3.8, 4) is 0 Å². The lowest BCUT2D eigenvalue weighted by atomic mass is 10.7. The first kappa shape index (κ1) is 10.5. The maximum Gasteiger partial charge on any atom is 0.570 e. The summed E-state index contributed by atoms with van der Waals surface area (Å²) in [5.41, 5.74) is 0. The van der Waals surface area contributed by atoms with Gasteiger partial charge < -0.3 is 10.1 Å². The number of hydrogen-bond acceptors (Lipinski definition) is 7. The summed E-state index contributed by atoms with van der Waals surface area (Å²) in [5, 5.41) is 33.8. The molecule has 0 saturated heterocycles. The van der Waals surface area contributed by atoms with E-state index in [9.17, 15) is 30.3 Å². The molecule has 0 amide bonds. The lowest BCUT2D eigenvalue weighted by molar-refractivity contribution is -0.774. The summed E-state index contributed by atoms with van der Waals surface area (Å²) in [6.45, 7) is 0. The van der Waals surface area contributed by atoms with E-state index in [4.69, 9.17) is 0 Å². The number of aromatic nitrogens is 2. The second-order valence-electron chi connectivity index (χ2n) is 2.33. The Balaban J connectivity index is 3.07. The van der Waals surface area contributed by atoms with Crippen LogP contribution in [-0.2, 0) is 0 Å². The van der Waals surface area contributed by atoms with Crippen molar-refractivity contribution in [3.63, 3.8) is 0 Å². The predicted octanol–water partition coefficient (Wildman–Crippen LogP) is -0.199. The molecular formula is C4H3N5O6. The van der Waals surface area contributed by atoms with Crippen LogP contribution in [0, 0.1) is 30.3 Å². The fourth-order valence-corrected chi connectivity index (χ4v) is 0.824. The standard InChI is InChI=1S/C4H3N5O6/c10-7(11)3-1-2-6(5-3)4(8(12)13)9(14)15/h1-2,4H. The first-order chi connectivity index (χ1) is 6.93. The zero-order valence-electron chi connectivity index (χ0n) is 6.92. The summed E-state index contributed by atoms with van der Waals surface area (Å²) in [7, 11) is 0. The molecule has 1 aromatic heterocycles. The second kappa shape index (κ2) is 3.65. The zero-order valence-corrected chi connectivity index (χ0v) is 6.92. The zero-order chi connectivity index (χ0) is 11.6. The summed E-state index contributed by atoms with van der Waals surface area (Å²) in [6, 6.07) is 0.833. The maximum absolute atomic E-state index is 10.3. The summed E-state index contributed by atoms with van der Waals surface area (Å²) >= 11 is 0. The lowest BCUT2D eigenvalue weighted by Crippen LogP contribution is -2.26. The fraction of sp³-hybridized carbons (Fsp3) is 0.250. The molecule has 15 heavy (non-hydrogen) atoms. The van der Waals surface area contributed by atoms with Crippen LogP contribution in [0.5, 0.6) is 0 Å². The molecule has 11 nitrogen and oxygen atoms in total. The number of nitro groups is 3. The highest BCUT2D eigenvalue weighted by Crippen LogP contribution is 2.12. The van der Waals surface area contributed by atoms with E-state index in [1.807, 2.05) is 0 Å². The van der Waals surface area contributed by atoms with Gasteiger partial charge in [0.25, 0.3) is 0 Å². The topological polar surface area (TPSA) is 147 Å². The van der Waals surface area contributed by atoms with Crippen LogP contribution in [-0.4, -0.2) is 24.6 Å². The van der Waals surface area contributed by atoms with Crippen molar-refractivity contribution in [2.45, 2.75) is 6.29 Å². The average Bonchev–Trinajstić information content (AvgIpc) is 2.51. The highest BCUT2D eigenvalue weighted by Gasteiger charge is 2.38. The van der Waals surface area contributed by atoms with E-state index < -0.39 is 26.9 Å². The Labute approximate surface area is 80.4 Å². The van der Waals surface area contributed by atoms with Crippen LogP contribution in [0.3, 0.4) is 0 Å². The molecule has 11 heteroatoms. The van der Waals surface area contributed by atoms with Gasteiger partial charge in [-0.1, -0.05) is 0 Å². The highest BCUT2D eigenvalue weighted by atomic mass is 16.7. The quantitative estimate of drug-likeness (QED) is 0.385. The Morgan fingerprint density at radius 2 is 1.73 bits per heavy atom. The van der Waals surface area contributed by atoms with Crippen LogP contribution in [0.25, 0.3) is 0 Å². The van der Waals surface area contributed by atoms with E-state index in [0.717, 1.165) is 12.3 Å². The van der Waals surface area contributed by atoms with Gasteiger partial charge >= 0.3 is 12.1 Å². The van der Waals surface area contributed by atoms with Crippen molar-refractivity contribution in [2.24, 2.45) is 0 Å². The summed E-state index contributed by atoms with van der Waals surface area (Å²) in [4.78, 5) is 27.3. The smallest absolute Gasteiger partial charge is 0.358 e. The van der Waals surface area contributed by atoms with Gasteiger partial charge in [-0.05, 0) is 9.61 Å². The van der Waals surface area contributed by atoms with Gasteiger partial charge in [-0.15, -0.1) is 0 Å². The summed E-state index contributed by atoms with van der Waals surface area (Å²) in [6.07, 6.45) is -1.55. The van der Waals surface area contributed by atoms with Crippen molar-refractivity contribution in [1.82, 2.24) is 9.78 Å². The van der Waals surface area contributed by atoms with E-state index in [0.29, 0.717) is 4.68 Å². The SMILES string of the molecule is O=[N+]([O-])c1ccn(C([N+](=O)[O-])[N+](=O)[O-])n1. The minimum atomic E-state index is -2.35. The van der Waals surface area contributed by atoms with Crippen molar-refractivity contribution in [3.05, 3.63) is 42.6 Å². The lowest BCUT2D eigenvalue weighted by Gasteiger charge is -1.96. The summed E-state index contributed by atoms with van der Waals surface area (Å²) < 4.78 is 0.304. The Kier molecular flexibility index (Phi) is 2.55. The molecule has 0 aliphatic carbocycles. The van der Waals surface area contributed by atoms with Crippen molar-refractivity contribution in [2.75, 3.05) is 0 Å². The molecule has 0 aromatic carbocycles. The molecule has 0 fully saturated rings. The van der Waals surface area contributed by atoms with Crippen LogP contribution >= 0.6 is 0 Å². The molecule has 0 atom stereocenters. The Bertz CT molecular complexity index is 411. The number of rotatable bonds is 4. The minimum absolute atomic E-state index is 0.304. The molecule has 0 aliphatic heterocycles. The van der Waals surface area contributed by atoms with Gasteiger partial charge in [0.1, 0.15) is 9.85 Å². The number of hydrogen-bond donors (Lipinski definition) is 0. The molecular weight excluding hydrogens is 214 g/mol. The molecule has 0 unspecified atom stereocenters. The van der Waals surface area contributed by atoms with E-state index in [2.05, 4.69) is 5.10 Å². The minimum Gasteiger partial charge on any atom is -0.358 e. The predicted molar refractivity (Wildman–Crippen MR) is 41.9 cm³/mol. The van der Waals surface area contributed by atoms with Gasteiger partial charge in [0.05, 0.1) is 17.4 Å². The Hall–Kier alpha value is -2.59. The van der Waals surface area contributed by atoms with E-state index in [1.165, 1.54) is 0 Å². The maximum atomic E-state index is 10.3. The van der Waals surface area contributed by atoms with Gasteiger partial charge in [-0.25, -0.2) is 0 Å². The van der Waals surface area contributed by atoms with Crippen LogP contribution in [0.2, 0.25) is 0 Å². The molecule has 0 spiro atoms. The van der Waals surface area contributed by atoms with E-state index in [-0.39, 0.29) is 0 Å². The van der Waals surface area contributed by atoms with Gasteiger partial charge in [-0.3, -0.25) is 20.2 Å². The summed E-state index contributed by atoms with van der Waals surface area (Å²) in [5.74, 6) is -0.691. The molecule has 1 aromatic rings. The van der Waals surface area contributed by atoms with Gasteiger partial charge in [0, 0.05) is 0 Å². The van der Waals surface area contributed by atoms with Crippen molar-refractivity contribution < 1.29 is 14.8 Å². The van der Waals surface area contributed by atoms with Gasteiger partial charge in [-0.2, -0.15) is 0 Å². The molecule has 0 aliphatic rings. The van der Waals surface area contributed by atoms with E-state index >= 15 is 0 Å². The third-order valence-electron chi connectivity index (χ3n) is 1.40. The normalized spacial score (nSPS) is 10.2. The molecule has 0 bridgehead atoms. The van der Waals surface area contributed by atoms with Crippen molar-refractivity contribution in [1.29, 1.82) is 0 Å². The molecule has 0 radical (unpaired) electrons. The van der Waals surface area contributed by atoms with Crippen LogP contribution < -0.4 is 0 Å². The van der Waals surface area contributed by atoms with Crippen molar-refractivity contribution >= 4 is 5.82 Å². The molecule has 0 saturated carbocycles. The average molecular weight is 217 g/mol. The van der Waals surface area contributed by atoms with Crippen LogP contribution in [0.1, 0.15) is 6.29 Å². The van der Waals surface area contributed by atoms with Crippen LogP contribution in [0.4, 0.5) is 5.82 Å². The molecule has 80 valence electrons. The first-order valence-electron chi connectivity index (χ1n) is 3.40. The largest absolute Gasteiger partial charge is 0.570 e. The second-order valence-corrected chi connectivity index (χ2v) is 2.33. The van der Waals surface area contributed by atoms with Gasteiger partial charge in [0.2, 0.25) is 0 Å². The molecule has 0 N–H and O–H groups in total. The monoisotopic (exact) mass is 217 g/mol. The number of nitrogens with zero attached hydrogens (tertiary/aromatic N) is 5. The Morgan fingerprint density at radius 1 is 1.20 bits per heavy atom. The Morgan fingerprint density at radius 3 is 2.07 bits per heavy atom. The highest BCUT2D eigenvalue weighted by molar-refractivity contribution is 5.13. The molecule has 1 rings (SSSR count). The third kappa shape index (κ3) is 2.01. The van der Waals surface area contributed by atoms with Gasteiger partial charge in [0.15, 0.2) is 0 Å². The first-order valence-corrected chi connectivity index (χ1v) is 3.40.